The molecule has 0 heterocycles. The first-order valence-corrected chi connectivity index (χ1v) is 5.88. The summed E-state index contributed by atoms with van der Waals surface area (Å²) in [6.45, 7) is 2.21. The zero-order valence-corrected chi connectivity index (χ0v) is 9.85. The number of nitro benzene ring substituents is 1. The van der Waals surface area contributed by atoms with Gasteiger partial charge in [-0.25, -0.2) is 0 Å². The van der Waals surface area contributed by atoms with Gasteiger partial charge in [-0.05, 0) is 24.8 Å². The molecule has 92 valence electrons. The minimum absolute atomic E-state index is 0.0347. The summed E-state index contributed by atoms with van der Waals surface area (Å²) in [4.78, 5) is 10.2. The molecule has 1 saturated carbocycles. The molecule has 2 unspecified atom stereocenters. The second-order valence-corrected chi connectivity index (χ2v) is 4.69. The van der Waals surface area contributed by atoms with E-state index in [4.69, 9.17) is 5.73 Å². The normalized spacial score (nSPS) is 23.6. The first-order valence-electron chi connectivity index (χ1n) is 5.88. The number of nitrogen functional groups attached to an aromatic ring is 1. The molecule has 0 amide bonds. The third-order valence-electron chi connectivity index (χ3n) is 3.45. The Bertz CT molecular complexity index is 434. The minimum Gasteiger partial charge on any atom is -0.397 e. The van der Waals surface area contributed by atoms with Crippen molar-refractivity contribution in [2.75, 3.05) is 11.1 Å². The molecule has 2 rings (SSSR count). The molecule has 1 fully saturated rings. The summed E-state index contributed by atoms with van der Waals surface area (Å²) in [6, 6.07) is 5.01. The van der Waals surface area contributed by atoms with E-state index in [1.54, 1.807) is 6.07 Å². The van der Waals surface area contributed by atoms with Gasteiger partial charge in [-0.2, -0.15) is 0 Å². The van der Waals surface area contributed by atoms with Gasteiger partial charge in [0.1, 0.15) is 0 Å². The maximum atomic E-state index is 10.6. The van der Waals surface area contributed by atoms with Gasteiger partial charge in [-0.3, -0.25) is 10.1 Å². The van der Waals surface area contributed by atoms with E-state index >= 15 is 0 Å². The van der Waals surface area contributed by atoms with Crippen molar-refractivity contribution in [2.45, 2.75) is 32.2 Å². The van der Waals surface area contributed by atoms with Gasteiger partial charge < -0.3 is 11.1 Å². The number of hydrogen-bond donors (Lipinski definition) is 2. The molecule has 0 aliphatic heterocycles. The fraction of sp³-hybridized carbons (Fsp3) is 0.500. The number of nitro groups is 1. The van der Waals surface area contributed by atoms with E-state index in [1.807, 2.05) is 0 Å². The number of nitrogens with one attached hydrogen (secondary N) is 1. The quantitative estimate of drug-likeness (QED) is 0.479. The highest BCUT2D eigenvalue weighted by Crippen LogP contribution is 2.31. The summed E-state index contributed by atoms with van der Waals surface area (Å²) >= 11 is 0. The molecule has 1 aromatic rings. The van der Waals surface area contributed by atoms with E-state index in [-0.39, 0.29) is 5.69 Å². The van der Waals surface area contributed by atoms with Gasteiger partial charge in [0.25, 0.3) is 5.69 Å². The Morgan fingerprint density at radius 1 is 1.47 bits per heavy atom. The van der Waals surface area contributed by atoms with Crippen LogP contribution in [0.3, 0.4) is 0 Å². The number of hydrogen-bond acceptors (Lipinski definition) is 4. The summed E-state index contributed by atoms with van der Waals surface area (Å²) in [5, 5.41) is 14.0. The molecular formula is C12H17N3O2. The fourth-order valence-electron chi connectivity index (χ4n) is 2.35. The average Bonchev–Trinajstić information content (AvgIpc) is 2.67. The molecule has 1 aliphatic rings. The van der Waals surface area contributed by atoms with Gasteiger partial charge in [-0.1, -0.05) is 13.3 Å². The molecular weight excluding hydrogens is 218 g/mol. The van der Waals surface area contributed by atoms with Gasteiger partial charge in [0.05, 0.1) is 16.3 Å². The molecule has 0 bridgehead atoms. The third-order valence-corrected chi connectivity index (χ3v) is 3.45. The van der Waals surface area contributed by atoms with E-state index in [2.05, 4.69) is 12.2 Å². The van der Waals surface area contributed by atoms with E-state index in [9.17, 15) is 10.1 Å². The Kier molecular flexibility index (Phi) is 3.17. The molecule has 3 N–H and O–H groups in total. The second-order valence-electron chi connectivity index (χ2n) is 4.69. The van der Waals surface area contributed by atoms with Crippen molar-refractivity contribution in [3.8, 4) is 0 Å². The van der Waals surface area contributed by atoms with Gasteiger partial charge in [-0.15, -0.1) is 0 Å². The fourth-order valence-corrected chi connectivity index (χ4v) is 2.35. The van der Waals surface area contributed by atoms with Gasteiger partial charge >= 0.3 is 0 Å². The van der Waals surface area contributed by atoms with Crippen molar-refractivity contribution < 1.29 is 4.92 Å². The van der Waals surface area contributed by atoms with Crippen molar-refractivity contribution in [3.05, 3.63) is 28.3 Å². The molecule has 0 spiro atoms. The standard InChI is InChI=1S/C12H17N3O2/c1-8-3-2-4-11(8)14-12-6-5-9(15(16)17)7-10(12)13/h5-8,11,14H,2-4,13H2,1H3. The lowest BCUT2D eigenvalue weighted by atomic mass is 10.1. The summed E-state index contributed by atoms with van der Waals surface area (Å²) in [7, 11) is 0. The predicted molar refractivity (Wildman–Crippen MR) is 67.9 cm³/mol. The first kappa shape index (κ1) is 11.7. The van der Waals surface area contributed by atoms with Crippen LogP contribution in [0.25, 0.3) is 0 Å². The molecule has 1 aliphatic carbocycles. The average molecular weight is 235 g/mol. The van der Waals surface area contributed by atoms with Gasteiger partial charge in [0, 0.05) is 18.2 Å². The molecule has 17 heavy (non-hydrogen) atoms. The highest BCUT2D eigenvalue weighted by atomic mass is 16.6. The van der Waals surface area contributed by atoms with E-state index in [1.165, 1.54) is 25.0 Å². The van der Waals surface area contributed by atoms with Crippen molar-refractivity contribution in [2.24, 2.45) is 5.92 Å². The largest absolute Gasteiger partial charge is 0.397 e. The van der Waals surface area contributed by atoms with Crippen LogP contribution in [-0.2, 0) is 0 Å². The molecule has 2 atom stereocenters. The third kappa shape index (κ3) is 2.49. The Labute approximate surface area is 100 Å². The molecule has 5 nitrogen and oxygen atoms in total. The summed E-state index contributed by atoms with van der Waals surface area (Å²) in [5.74, 6) is 0.629. The van der Waals surface area contributed by atoms with Crippen LogP contribution in [-0.4, -0.2) is 11.0 Å². The van der Waals surface area contributed by atoms with E-state index in [0.29, 0.717) is 17.6 Å². The number of benzene rings is 1. The zero-order valence-electron chi connectivity index (χ0n) is 9.85. The molecule has 0 aromatic heterocycles. The highest BCUT2D eigenvalue weighted by Gasteiger charge is 2.23. The maximum Gasteiger partial charge on any atom is 0.271 e. The smallest absolute Gasteiger partial charge is 0.271 e. The summed E-state index contributed by atoms with van der Waals surface area (Å²) < 4.78 is 0. The van der Waals surface area contributed by atoms with Crippen LogP contribution in [0, 0.1) is 16.0 Å². The van der Waals surface area contributed by atoms with Crippen molar-refractivity contribution in [3.63, 3.8) is 0 Å². The number of anilines is 2. The van der Waals surface area contributed by atoms with E-state index < -0.39 is 4.92 Å². The number of rotatable bonds is 3. The van der Waals surface area contributed by atoms with Crippen LogP contribution >= 0.6 is 0 Å². The highest BCUT2D eigenvalue weighted by molar-refractivity contribution is 5.69. The lowest BCUT2D eigenvalue weighted by Crippen LogP contribution is -2.22. The van der Waals surface area contributed by atoms with Crippen molar-refractivity contribution >= 4 is 17.1 Å². The summed E-state index contributed by atoms with van der Waals surface area (Å²) in [6.07, 6.45) is 3.59. The van der Waals surface area contributed by atoms with Crippen LogP contribution in [0.5, 0.6) is 0 Å². The number of nitrogens with two attached hydrogens (primary N) is 1. The predicted octanol–water partition coefficient (Wildman–Crippen LogP) is 2.78. The Morgan fingerprint density at radius 3 is 2.76 bits per heavy atom. The number of nitrogens with zero attached hydrogens (tertiary/aromatic N) is 1. The molecule has 1 aromatic carbocycles. The van der Waals surface area contributed by atoms with Crippen LogP contribution in [0.1, 0.15) is 26.2 Å². The lowest BCUT2D eigenvalue weighted by molar-refractivity contribution is -0.384. The van der Waals surface area contributed by atoms with Crippen LogP contribution in [0.4, 0.5) is 17.1 Å². The topological polar surface area (TPSA) is 81.2 Å². The monoisotopic (exact) mass is 235 g/mol. The molecule has 5 heteroatoms. The van der Waals surface area contributed by atoms with Crippen LogP contribution in [0.2, 0.25) is 0 Å². The Morgan fingerprint density at radius 2 is 2.24 bits per heavy atom. The second kappa shape index (κ2) is 4.61. The Hall–Kier alpha value is -1.78. The summed E-state index contributed by atoms with van der Waals surface area (Å²) in [5.41, 5.74) is 7.09. The van der Waals surface area contributed by atoms with Crippen LogP contribution in [0.15, 0.2) is 18.2 Å². The van der Waals surface area contributed by atoms with Crippen LogP contribution < -0.4 is 11.1 Å². The SMILES string of the molecule is CC1CCCC1Nc1ccc([N+](=O)[O-])cc1N. The van der Waals surface area contributed by atoms with E-state index in [0.717, 1.165) is 12.1 Å². The molecule has 0 saturated heterocycles. The first-order chi connectivity index (χ1) is 8.08. The maximum absolute atomic E-state index is 10.6. The van der Waals surface area contributed by atoms with Crippen molar-refractivity contribution in [1.82, 2.24) is 0 Å². The molecule has 0 radical (unpaired) electrons. The van der Waals surface area contributed by atoms with Crippen molar-refractivity contribution in [1.29, 1.82) is 0 Å². The lowest BCUT2D eigenvalue weighted by Gasteiger charge is -2.19. The minimum atomic E-state index is -0.432. The van der Waals surface area contributed by atoms with Gasteiger partial charge in [0.2, 0.25) is 0 Å². The van der Waals surface area contributed by atoms with Gasteiger partial charge in [0.15, 0.2) is 0 Å². The number of non-ortho nitro benzene ring substituents is 1. The zero-order chi connectivity index (χ0) is 12.4. The Balaban J connectivity index is 2.14.